The number of aryl methyl sites for hydroxylation is 1. The Hall–Kier alpha value is -2.05. The van der Waals surface area contributed by atoms with E-state index in [1.54, 1.807) is 10.9 Å². The fraction of sp³-hybridized carbons (Fsp3) is 0.615. The number of carbonyl (C=O) groups excluding carboxylic acids is 1. The smallest absolute Gasteiger partial charge is 0.315 e. The molecule has 7 heteroatoms. The Morgan fingerprint density at radius 3 is 2.85 bits per heavy atom. The first-order chi connectivity index (χ1) is 9.54. The first-order valence-corrected chi connectivity index (χ1v) is 6.78. The molecule has 0 saturated heterocycles. The molecule has 1 aliphatic carbocycles. The first kappa shape index (κ1) is 14.4. The molecule has 0 bridgehead atoms. The van der Waals surface area contributed by atoms with Crippen LogP contribution >= 0.6 is 0 Å². The fourth-order valence-electron chi connectivity index (χ4n) is 2.16. The number of nitrogens with one attached hydrogen (secondary N) is 2. The third-order valence-electron chi connectivity index (χ3n) is 3.36. The highest BCUT2D eigenvalue weighted by atomic mass is 16.4. The molecule has 20 heavy (non-hydrogen) atoms. The Kier molecular flexibility index (Phi) is 4.60. The van der Waals surface area contributed by atoms with Crippen molar-refractivity contribution in [2.24, 2.45) is 13.0 Å². The van der Waals surface area contributed by atoms with Gasteiger partial charge in [0, 0.05) is 25.8 Å². The zero-order valence-corrected chi connectivity index (χ0v) is 11.5. The second-order valence-corrected chi connectivity index (χ2v) is 5.21. The fourth-order valence-corrected chi connectivity index (χ4v) is 2.16. The summed E-state index contributed by atoms with van der Waals surface area (Å²) in [4.78, 5) is 22.5. The summed E-state index contributed by atoms with van der Waals surface area (Å²) < 4.78 is 1.71. The second kappa shape index (κ2) is 6.40. The number of hydrogen-bond donors (Lipinski definition) is 3. The van der Waals surface area contributed by atoms with E-state index in [2.05, 4.69) is 15.7 Å². The maximum Gasteiger partial charge on any atom is 0.315 e. The molecule has 1 saturated carbocycles. The van der Waals surface area contributed by atoms with Gasteiger partial charge in [-0.15, -0.1) is 0 Å². The van der Waals surface area contributed by atoms with Gasteiger partial charge < -0.3 is 15.7 Å². The lowest BCUT2D eigenvalue weighted by molar-refractivity contribution is -0.137. The van der Waals surface area contributed by atoms with E-state index < -0.39 is 5.97 Å². The predicted molar refractivity (Wildman–Crippen MR) is 72.2 cm³/mol. The third-order valence-corrected chi connectivity index (χ3v) is 3.36. The zero-order valence-electron chi connectivity index (χ0n) is 11.5. The van der Waals surface area contributed by atoms with Gasteiger partial charge >= 0.3 is 12.0 Å². The van der Waals surface area contributed by atoms with E-state index in [-0.39, 0.29) is 18.5 Å². The molecule has 1 atom stereocenters. The molecule has 110 valence electrons. The van der Waals surface area contributed by atoms with Crippen molar-refractivity contribution in [3.05, 3.63) is 18.0 Å². The number of carboxylic acid groups (broad SMARTS) is 1. The summed E-state index contributed by atoms with van der Waals surface area (Å²) in [6.07, 6.45) is 6.34. The van der Waals surface area contributed by atoms with Crippen LogP contribution in [-0.4, -0.2) is 39.5 Å². The molecular weight excluding hydrogens is 260 g/mol. The zero-order chi connectivity index (χ0) is 14.5. The SMILES string of the molecule is Cn1cc(CCNC(=O)NC(CC(=O)O)C2CC2)cn1. The van der Waals surface area contributed by atoms with Crippen molar-refractivity contribution in [2.45, 2.75) is 31.7 Å². The topological polar surface area (TPSA) is 96.2 Å². The molecule has 1 unspecified atom stereocenters. The number of aromatic nitrogens is 2. The maximum absolute atomic E-state index is 11.7. The van der Waals surface area contributed by atoms with Crippen LogP contribution in [0.1, 0.15) is 24.8 Å². The molecule has 1 aromatic rings. The second-order valence-electron chi connectivity index (χ2n) is 5.21. The van der Waals surface area contributed by atoms with E-state index in [0.717, 1.165) is 18.4 Å². The lowest BCUT2D eigenvalue weighted by Crippen LogP contribution is -2.44. The Balaban J connectivity index is 1.69. The van der Waals surface area contributed by atoms with Crippen LogP contribution in [0.5, 0.6) is 0 Å². The van der Waals surface area contributed by atoms with Crippen molar-refractivity contribution in [1.82, 2.24) is 20.4 Å². The molecule has 1 aliphatic rings. The summed E-state index contributed by atoms with van der Waals surface area (Å²) in [5.74, 6) is -0.562. The van der Waals surface area contributed by atoms with Gasteiger partial charge in [0.2, 0.25) is 0 Å². The van der Waals surface area contributed by atoms with Crippen LogP contribution in [0.4, 0.5) is 4.79 Å². The van der Waals surface area contributed by atoms with E-state index in [0.29, 0.717) is 18.9 Å². The molecule has 3 N–H and O–H groups in total. The summed E-state index contributed by atoms with van der Waals surface area (Å²) in [7, 11) is 1.84. The van der Waals surface area contributed by atoms with Gasteiger partial charge in [0.1, 0.15) is 0 Å². The highest BCUT2D eigenvalue weighted by Crippen LogP contribution is 2.33. The van der Waals surface area contributed by atoms with Crippen LogP contribution in [-0.2, 0) is 18.3 Å². The van der Waals surface area contributed by atoms with Crippen molar-refractivity contribution in [1.29, 1.82) is 0 Å². The van der Waals surface area contributed by atoms with Gasteiger partial charge in [-0.25, -0.2) is 4.79 Å². The number of amides is 2. The largest absolute Gasteiger partial charge is 0.481 e. The normalized spacial score (nSPS) is 15.7. The Morgan fingerprint density at radius 2 is 2.30 bits per heavy atom. The van der Waals surface area contributed by atoms with Crippen LogP contribution in [0.3, 0.4) is 0 Å². The van der Waals surface area contributed by atoms with Gasteiger partial charge in [0.05, 0.1) is 12.6 Å². The maximum atomic E-state index is 11.7. The Labute approximate surface area is 117 Å². The van der Waals surface area contributed by atoms with Gasteiger partial charge in [0.25, 0.3) is 0 Å². The quantitative estimate of drug-likeness (QED) is 0.678. The highest BCUT2D eigenvalue weighted by Gasteiger charge is 2.33. The monoisotopic (exact) mass is 280 g/mol. The van der Waals surface area contributed by atoms with Gasteiger partial charge in [-0.05, 0) is 30.7 Å². The lowest BCUT2D eigenvalue weighted by atomic mass is 10.1. The summed E-state index contributed by atoms with van der Waals surface area (Å²) >= 11 is 0. The van der Waals surface area contributed by atoms with Crippen molar-refractivity contribution in [3.8, 4) is 0 Å². The number of nitrogens with zero attached hydrogens (tertiary/aromatic N) is 2. The van der Waals surface area contributed by atoms with Gasteiger partial charge in [-0.1, -0.05) is 0 Å². The summed E-state index contributed by atoms with van der Waals surface area (Å²) in [5, 5.41) is 18.4. The van der Waals surface area contributed by atoms with E-state index in [1.807, 2.05) is 13.2 Å². The molecular formula is C13H20N4O3. The van der Waals surface area contributed by atoms with Crippen LogP contribution in [0.2, 0.25) is 0 Å². The minimum atomic E-state index is -0.877. The predicted octanol–water partition coefficient (Wildman–Crippen LogP) is 0.515. The molecule has 1 aromatic heterocycles. The number of hydrogen-bond acceptors (Lipinski definition) is 3. The van der Waals surface area contributed by atoms with Crippen molar-refractivity contribution < 1.29 is 14.7 Å². The van der Waals surface area contributed by atoms with Crippen molar-refractivity contribution >= 4 is 12.0 Å². The van der Waals surface area contributed by atoms with E-state index in [9.17, 15) is 9.59 Å². The minimum Gasteiger partial charge on any atom is -0.481 e. The average molecular weight is 280 g/mol. The Bertz CT molecular complexity index is 482. The van der Waals surface area contributed by atoms with Gasteiger partial charge in [0.15, 0.2) is 0 Å². The molecule has 0 spiro atoms. The van der Waals surface area contributed by atoms with Crippen molar-refractivity contribution in [2.75, 3.05) is 6.54 Å². The van der Waals surface area contributed by atoms with Crippen LogP contribution in [0, 0.1) is 5.92 Å². The molecule has 2 rings (SSSR count). The van der Waals surface area contributed by atoms with Gasteiger partial charge in [-0.2, -0.15) is 5.10 Å². The summed E-state index contributed by atoms with van der Waals surface area (Å²) in [6, 6.07) is -0.557. The summed E-state index contributed by atoms with van der Waals surface area (Å²) in [6.45, 7) is 0.502. The molecule has 7 nitrogen and oxygen atoms in total. The molecule has 0 aromatic carbocycles. The first-order valence-electron chi connectivity index (χ1n) is 6.78. The van der Waals surface area contributed by atoms with Crippen LogP contribution < -0.4 is 10.6 Å². The highest BCUT2D eigenvalue weighted by molar-refractivity contribution is 5.75. The summed E-state index contributed by atoms with van der Waals surface area (Å²) in [5.41, 5.74) is 1.05. The van der Waals surface area contributed by atoms with E-state index in [1.165, 1.54) is 0 Å². The van der Waals surface area contributed by atoms with Crippen molar-refractivity contribution in [3.63, 3.8) is 0 Å². The van der Waals surface area contributed by atoms with Crippen LogP contribution in [0.15, 0.2) is 12.4 Å². The molecule has 2 amide bonds. The lowest BCUT2D eigenvalue weighted by Gasteiger charge is -2.16. The number of urea groups is 1. The number of aliphatic carboxylic acids is 1. The Morgan fingerprint density at radius 1 is 1.55 bits per heavy atom. The average Bonchev–Trinajstić information content (AvgIpc) is 3.12. The number of carboxylic acids is 1. The van der Waals surface area contributed by atoms with E-state index in [4.69, 9.17) is 5.11 Å². The van der Waals surface area contributed by atoms with Gasteiger partial charge in [-0.3, -0.25) is 9.48 Å². The molecule has 0 radical (unpaired) electrons. The van der Waals surface area contributed by atoms with Crippen LogP contribution in [0.25, 0.3) is 0 Å². The van der Waals surface area contributed by atoms with E-state index >= 15 is 0 Å². The third kappa shape index (κ3) is 4.56. The number of carbonyl (C=O) groups is 2. The molecule has 0 aliphatic heterocycles. The molecule has 1 heterocycles. The minimum absolute atomic E-state index is 0.0132. The standard InChI is InChI=1S/C13H20N4O3/c1-17-8-9(7-15-17)4-5-14-13(20)16-11(6-12(18)19)10-2-3-10/h7-8,10-11H,2-6H2,1H3,(H,18,19)(H2,14,16,20). The number of rotatable bonds is 7. The molecule has 1 fully saturated rings.